The fourth-order valence-electron chi connectivity index (χ4n) is 3.09. The lowest BCUT2D eigenvalue weighted by Gasteiger charge is -2.21. The average molecular weight is 390 g/mol. The number of thioether (sulfide) groups is 1. The molecule has 0 radical (unpaired) electrons. The molecule has 0 aliphatic carbocycles. The second-order valence-corrected chi connectivity index (χ2v) is 7.73. The van der Waals surface area contributed by atoms with Crippen LogP contribution in [0.2, 0.25) is 0 Å². The zero-order valence-electron chi connectivity index (χ0n) is 14.3. The van der Waals surface area contributed by atoms with Crippen LogP contribution in [0.1, 0.15) is 34.0 Å². The van der Waals surface area contributed by atoms with E-state index in [1.807, 2.05) is 13.0 Å². The Morgan fingerprint density at radius 1 is 1.19 bits per heavy atom. The van der Waals surface area contributed by atoms with Gasteiger partial charge in [-0.25, -0.2) is 0 Å². The van der Waals surface area contributed by atoms with E-state index in [2.05, 4.69) is 34.1 Å². The molecule has 1 unspecified atom stereocenters. The highest BCUT2D eigenvalue weighted by molar-refractivity contribution is 8.00. The molecular weight excluding hydrogens is 370 g/mol. The zero-order valence-corrected chi connectivity index (χ0v) is 15.9. The summed E-state index contributed by atoms with van der Waals surface area (Å²) in [4.78, 5) is 25.2. The number of hydrogen-bond donors (Lipinski definition) is 3. The molecule has 2 amide bonds. The summed E-state index contributed by atoms with van der Waals surface area (Å²) < 4.78 is 0. The van der Waals surface area contributed by atoms with Crippen molar-refractivity contribution < 1.29 is 9.59 Å². The number of hydrogen-bond acceptors (Lipinski definition) is 4. The Hall–Kier alpha value is -2.02. The first kappa shape index (κ1) is 18.8. The number of carbonyl (C=O) groups is 2. The molecule has 7 heteroatoms. The summed E-state index contributed by atoms with van der Waals surface area (Å²) >= 11 is 1.51. The van der Waals surface area contributed by atoms with Crippen molar-refractivity contribution in [1.82, 2.24) is 10.6 Å². The molecule has 0 fully saturated rings. The lowest BCUT2D eigenvalue weighted by Crippen LogP contribution is -2.27. The van der Waals surface area contributed by atoms with Crippen molar-refractivity contribution in [3.8, 4) is 0 Å². The zero-order chi connectivity index (χ0) is 17.4. The van der Waals surface area contributed by atoms with Crippen molar-refractivity contribution in [2.24, 2.45) is 0 Å². The quantitative estimate of drug-likeness (QED) is 0.754. The normalized spacial score (nSPS) is 17.6. The van der Waals surface area contributed by atoms with Crippen molar-refractivity contribution >= 4 is 41.7 Å². The number of amides is 2. The van der Waals surface area contributed by atoms with E-state index in [1.165, 1.54) is 22.9 Å². The van der Waals surface area contributed by atoms with Gasteiger partial charge in [-0.2, -0.15) is 0 Å². The third-order valence-corrected chi connectivity index (χ3v) is 5.70. The molecule has 0 bridgehead atoms. The number of halogens is 1. The van der Waals surface area contributed by atoms with E-state index >= 15 is 0 Å². The van der Waals surface area contributed by atoms with Gasteiger partial charge in [0.25, 0.3) is 5.91 Å². The highest BCUT2D eigenvalue weighted by Crippen LogP contribution is 2.35. The van der Waals surface area contributed by atoms with Gasteiger partial charge in [-0.05, 0) is 41.8 Å². The maximum Gasteiger partial charge on any atom is 0.251 e. The van der Waals surface area contributed by atoms with Crippen molar-refractivity contribution in [3.05, 3.63) is 58.7 Å². The van der Waals surface area contributed by atoms with Crippen molar-refractivity contribution in [2.75, 3.05) is 5.32 Å². The number of benzene rings is 2. The molecule has 0 aromatic heterocycles. The third kappa shape index (κ3) is 3.72. The molecule has 26 heavy (non-hydrogen) atoms. The van der Waals surface area contributed by atoms with Crippen molar-refractivity contribution in [2.45, 2.75) is 36.7 Å². The lowest BCUT2D eigenvalue weighted by molar-refractivity contribution is -0.115. The predicted molar refractivity (Wildman–Crippen MR) is 106 cm³/mol. The highest BCUT2D eigenvalue weighted by atomic mass is 35.5. The van der Waals surface area contributed by atoms with Gasteiger partial charge in [0, 0.05) is 30.1 Å². The van der Waals surface area contributed by atoms with E-state index in [1.54, 1.807) is 12.1 Å². The minimum Gasteiger partial charge on any atom is -0.348 e. The molecule has 3 N–H and O–H groups in total. The Labute approximate surface area is 162 Å². The first-order chi connectivity index (χ1) is 12.1. The predicted octanol–water partition coefficient (Wildman–Crippen LogP) is 3.07. The number of carbonyl (C=O) groups excluding carboxylic acids is 2. The first-order valence-electron chi connectivity index (χ1n) is 8.31. The monoisotopic (exact) mass is 389 g/mol. The van der Waals surface area contributed by atoms with Crippen molar-refractivity contribution in [1.29, 1.82) is 0 Å². The largest absolute Gasteiger partial charge is 0.348 e. The Bertz CT molecular complexity index is 872. The van der Waals surface area contributed by atoms with Gasteiger partial charge < -0.3 is 16.0 Å². The van der Waals surface area contributed by atoms with Crippen molar-refractivity contribution in [3.63, 3.8) is 0 Å². The van der Waals surface area contributed by atoms with E-state index in [-0.39, 0.29) is 29.5 Å². The molecule has 2 aliphatic rings. The topological polar surface area (TPSA) is 70.2 Å². The molecule has 1 atom stereocenters. The number of rotatable bonds is 3. The molecule has 0 saturated heterocycles. The Kier molecular flexibility index (Phi) is 5.55. The third-order valence-electron chi connectivity index (χ3n) is 4.53. The molecule has 0 spiro atoms. The Morgan fingerprint density at radius 3 is 2.85 bits per heavy atom. The molecular formula is C19H20ClN3O2S. The fourth-order valence-corrected chi connectivity index (χ4v) is 4.02. The summed E-state index contributed by atoms with van der Waals surface area (Å²) in [5.74, 6) is -0.166. The molecule has 136 valence electrons. The average Bonchev–Trinajstić information content (AvgIpc) is 3.08. The standard InChI is InChI=1S/C19H19N3O2S.ClH/c1-11-18(23)22-16-7-13(4-5-17(16)25-11)19(24)21-8-12-2-3-14-9-20-10-15(14)6-12;/h2-7,11,20H,8-10H2,1H3,(H,21,24)(H,22,23);1H. The number of nitrogens with one attached hydrogen (secondary N) is 3. The Balaban J connectivity index is 0.00000196. The summed E-state index contributed by atoms with van der Waals surface area (Å²) in [6.45, 7) is 4.16. The summed E-state index contributed by atoms with van der Waals surface area (Å²) in [5.41, 5.74) is 4.98. The van der Waals surface area contributed by atoms with Crippen LogP contribution >= 0.6 is 24.2 Å². The summed E-state index contributed by atoms with van der Waals surface area (Å²) in [6.07, 6.45) is 0. The van der Waals surface area contributed by atoms with Crippen LogP contribution in [-0.4, -0.2) is 17.1 Å². The van der Waals surface area contributed by atoms with Crippen LogP contribution < -0.4 is 16.0 Å². The Morgan fingerprint density at radius 2 is 2.00 bits per heavy atom. The van der Waals surface area contributed by atoms with Crippen LogP contribution in [0.15, 0.2) is 41.3 Å². The molecule has 0 saturated carbocycles. The van der Waals surface area contributed by atoms with E-state index in [0.717, 1.165) is 23.5 Å². The van der Waals surface area contributed by atoms with E-state index < -0.39 is 0 Å². The van der Waals surface area contributed by atoms with Gasteiger partial charge in [0.2, 0.25) is 5.91 Å². The molecule has 2 aliphatic heterocycles. The van der Waals surface area contributed by atoms with Gasteiger partial charge in [0.15, 0.2) is 0 Å². The smallest absolute Gasteiger partial charge is 0.251 e. The van der Waals surface area contributed by atoms with Crippen LogP contribution in [0.3, 0.4) is 0 Å². The van der Waals surface area contributed by atoms with Gasteiger partial charge in [-0.15, -0.1) is 24.2 Å². The number of fused-ring (bicyclic) bond motifs is 2. The lowest BCUT2D eigenvalue weighted by atomic mass is 10.1. The fraction of sp³-hybridized carbons (Fsp3) is 0.263. The molecule has 4 rings (SSSR count). The second kappa shape index (κ2) is 7.70. The highest BCUT2D eigenvalue weighted by Gasteiger charge is 2.23. The van der Waals surface area contributed by atoms with Gasteiger partial charge in [-0.3, -0.25) is 9.59 Å². The van der Waals surface area contributed by atoms with Crippen LogP contribution in [-0.2, 0) is 24.4 Å². The van der Waals surface area contributed by atoms with Gasteiger partial charge in [-0.1, -0.05) is 18.2 Å². The van der Waals surface area contributed by atoms with Crippen LogP contribution in [0.5, 0.6) is 0 Å². The maximum atomic E-state index is 12.4. The van der Waals surface area contributed by atoms with Gasteiger partial charge >= 0.3 is 0 Å². The van der Waals surface area contributed by atoms with Gasteiger partial charge in [0.05, 0.1) is 10.9 Å². The molecule has 2 aromatic rings. The molecule has 5 nitrogen and oxygen atoms in total. The van der Waals surface area contributed by atoms with E-state index in [9.17, 15) is 9.59 Å². The van der Waals surface area contributed by atoms with Crippen LogP contribution in [0.25, 0.3) is 0 Å². The van der Waals surface area contributed by atoms with E-state index in [0.29, 0.717) is 17.8 Å². The maximum absolute atomic E-state index is 12.4. The molecule has 2 aromatic carbocycles. The molecule has 2 heterocycles. The van der Waals surface area contributed by atoms with Crippen LogP contribution in [0.4, 0.5) is 5.69 Å². The second-order valence-electron chi connectivity index (χ2n) is 6.35. The van der Waals surface area contributed by atoms with Crippen LogP contribution in [0, 0.1) is 0 Å². The van der Waals surface area contributed by atoms with E-state index in [4.69, 9.17) is 0 Å². The SMILES string of the molecule is CC1Sc2ccc(C(=O)NCc3ccc4c(c3)CNC4)cc2NC1=O.Cl. The summed E-state index contributed by atoms with van der Waals surface area (Å²) in [5, 5.41) is 9.02. The minimum atomic E-state index is -0.140. The first-order valence-corrected chi connectivity index (χ1v) is 9.19. The number of anilines is 1. The van der Waals surface area contributed by atoms with Gasteiger partial charge in [0.1, 0.15) is 0 Å². The minimum absolute atomic E-state index is 0. The summed E-state index contributed by atoms with van der Waals surface area (Å²) in [6, 6.07) is 11.7. The summed E-state index contributed by atoms with van der Waals surface area (Å²) in [7, 11) is 0.